The van der Waals surface area contributed by atoms with Crippen molar-refractivity contribution in [1.82, 2.24) is 0 Å². The maximum atomic E-state index is 12.3. The van der Waals surface area contributed by atoms with Gasteiger partial charge in [0.2, 0.25) is 0 Å². The van der Waals surface area contributed by atoms with Crippen LogP contribution in [0, 0.1) is 46.3 Å². The van der Waals surface area contributed by atoms with Gasteiger partial charge in [-0.3, -0.25) is 0 Å². The van der Waals surface area contributed by atoms with Gasteiger partial charge < -0.3 is 35.7 Å². The molecule has 202 valence electrons. The van der Waals surface area contributed by atoms with E-state index in [2.05, 4.69) is 20.4 Å². The lowest BCUT2D eigenvalue weighted by molar-refractivity contribution is -0.280. The maximum Gasteiger partial charge on any atom is 0.0863 e. The van der Waals surface area contributed by atoms with Crippen molar-refractivity contribution >= 4 is 0 Å². The first-order chi connectivity index (χ1) is 16.2. The van der Waals surface area contributed by atoms with E-state index in [1.165, 1.54) is 0 Å². The maximum absolute atomic E-state index is 12.3. The largest absolute Gasteiger partial charge is 0.396 e. The van der Waals surface area contributed by atoms with E-state index in [4.69, 9.17) is 0 Å². The van der Waals surface area contributed by atoms with Gasteiger partial charge >= 0.3 is 0 Å². The third kappa shape index (κ3) is 3.96. The lowest BCUT2D eigenvalue weighted by Crippen LogP contribution is -2.71. The normalized spacial score (nSPS) is 53.3. The molecule has 4 aliphatic rings. The van der Waals surface area contributed by atoms with Crippen LogP contribution in [0.4, 0.5) is 0 Å². The van der Waals surface area contributed by atoms with E-state index in [-0.39, 0.29) is 36.7 Å². The Labute approximate surface area is 209 Å². The Morgan fingerprint density at radius 2 is 1.54 bits per heavy atom. The zero-order valence-electron chi connectivity index (χ0n) is 21.8. The molecular weight excluding hydrogens is 448 g/mol. The summed E-state index contributed by atoms with van der Waals surface area (Å²) in [6, 6.07) is 0. The quantitative estimate of drug-likeness (QED) is 0.277. The molecule has 0 aromatic heterocycles. The summed E-state index contributed by atoms with van der Waals surface area (Å²) in [7, 11) is 0. The summed E-state index contributed by atoms with van der Waals surface area (Å²) in [6.45, 7) is 12.3. The molecule has 7 nitrogen and oxygen atoms in total. The van der Waals surface area contributed by atoms with Crippen molar-refractivity contribution in [3.8, 4) is 0 Å². The van der Waals surface area contributed by atoms with Crippen molar-refractivity contribution in [3.63, 3.8) is 0 Å². The molecule has 0 bridgehead atoms. The summed E-state index contributed by atoms with van der Waals surface area (Å²) in [5.41, 5.74) is -1.48. The van der Waals surface area contributed by atoms with E-state index in [1.807, 2.05) is 13.8 Å². The van der Waals surface area contributed by atoms with Crippen molar-refractivity contribution in [2.45, 2.75) is 109 Å². The summed E-state index contributed by atoms with van der Waals surface area (Å²) < 4.78 is 0. The van der Waals surface area contributed by atoms with Crippen molar-refractivity contribution < 1.29 is 35.7 Å². The number of hydrogen-bond acceptors (Lipinski definition) is 7. The second kappa shape index (κ2) is 9.33. The minimum atomic E-state index is -1.37. The van der Waals surface area contributed by atoms with Gasteiger partial charge in [0.15, 0.2) is 0 Å². The average Bonchev–Trinajstić information content (AvgIpc) is 2.99. The number of aliphatic hydroxyl groups is 7. The zero-order valence-corrected chi connectivity index (χ0v) is 21.8. The van der Waals surface area contributed by atoms with Crippen molar-refractivity contribution in [2.75, 3.05) is 6.61 Å². The molecule has 4 rings (SSSR count). The minimum absolute atomic E-state index is 0.0163. The summed E-state index contributed by atoms with van der Waals surface area (Å²) in [6.07, 6.45) is -1.05. The highest BCUT2D eigenvalue weighted by atomic mass is 16.3. The van der Waals surface area contributed by atoms with Crippen molar-refractivity contribution in [2.24, 2.45) is 46.3 Å². The highest BCUT2D eigenvalue weighted by Crippen LogP contribution is 2.69. The molecule has 0 saturated heterocycles. The van der Waals surface area contributed by atoms with Crippen LogP contribution in [-0.4, -0.2) is 78.5 Å². The first-order valence-electron chi connectivity index (χ1n) is 13.6. The number of fused-ring (bicyclic) bond motifs is 5. The number of rotatable bonds is 6. The fourth-order valence-electron chi connectivity index (χ4n) is 9.59. The molecule has 4 fully saturated rings. The summed E-state index contributed by atoms with van der Waals surface area (Å²) in [5, 5.41) is 76.8. The van der Waals surface area contributed by atoms with Gasteiger partial charge in [0, 0.05) is 24.9 Å². The van der Waals surface area contributed by atoms with E-state index >= 15 is 0 Å². The lowest BCUT2D eigenvalue weighted by Gasteiger charge is -2.66. The van der Waals surface area contributed by atoms with Gasteiger partial charge in [0.1, 0.15) is 0 Å². The third-order valence-corrected chi connectivity index (χ3v) is 11.4. The van der Waals surface area contributed by atoms with Crippen LogP contribution in [-0.2, 0) is 0 Å². The standard InChI is InChI=1S/C28H48O7/c1-14(16(3)13-29)6-7-15(2)20-23(33)24(34)25-27(20,5)11-9-19-26(4)10-8-17(30)22(32)21(26)18(31)12-28(19,25)35/h15-25,29-35H,1,6-13H2,2-5H3. The Morgan fingerprint density at radius 1 is 0.914 bits per heavy atom. The lowest BCUT2D eigenvalue weighted by atomic mass is 9.41. The summed E-state index contributed by atoms with van der Waals surface area (Å²) in [5.74, 6) is -1.50. The monoisotopic (exact) mass is 496 g/mol. The molecule has 0 radical (unpaired) electrons. The van der Waals surface area contributed by atoms with Gasteiger partial charge in [-0.15, -0.1) is 0 Å². The number of hydrogen-bond donors (Lipinski definition) is 7. The highest BCUT2D eigenvalue weighted by molar-refractivity contribution is 5.22. The SMILES string of the molecule is C=C(CCC(C)C1C(O)C(O)C2C1(C)CCC1C3(C)CCC(O)C(O)C3C(O)CC12O)C(C)CO. The van der Waals surface area contributed by atoms with Crippen LogP contribution in [0.3, 0.4) is 0 Å². The van der Waals surface area contributed by atoms with Gasteiger partial charge in [0.25, 0.3) is 0 Å². The van der Waals surface area contributed by atoms with Crippen molar-refractivity contribution in [3.05, 3.63) is 12.2 Å². The molecule has 35 heavy (non-hydrogen) atoms. The van der Waals surface area contributed by atoms with E-state index in [1.54, 1.807) is 0 Å². The summed E-state index contributed by atoms with van der Waals surface area (Å²) in [4.78, 5) is 0. The van der Waals surface area contributed by atoms with Crippen LogP contribution in [0.5, 0.6) is 0 Å². The van der Waals surface area contributed by atoms with Crippen LogP contribution < -0.4 is 0 Å². The second-order valence-electron chi connectivity index (χ2n) is 13.2. The first-order valence-corrected chi connectivity index (χ1v) is 13.6. The minimum Gasteiger partial charge on any atom is -0.396 e. The Bertz CT molecular complexity index is 804. The molecule has 7 N–H and O–H groups in total. The zero-order chi connectivity index (χ0) is 26.1. The molecule has 14 atom stereocenters. The van der Waals surface area contributed by atoms with Crippen LogP contribution >= 0.6 is 0 Å². The van der Waals surface area contributed by atoms with Crippen molar-refractivity contribution in [1.29, 1.82) is 0 Å². The van der Waals surface area contributed by atoms with Gasteiger partial charge in [-0.05, 0) is 73.0 Å². The third-order valence-electron chi connectivity index (χ3n) is 11.4. The van der Waals surface area contributed by atoms with E-state index < -0.39 is 58.8 Å². The molecular formula is C28H48O7. The molecule has 0 amide bonds. The van der Waals surface area contributed by atoms with E-state index in [0.717, 1.165) is 24.8 Å². The molecule has 7 heteroatoms. The molecule has 0 aromatic carbocycles. The van der Waals surface area contributed by atoms with E-state index in [0.29, 0.717) is 19.3 Å². The van der Waals surface area contributed by atoms with Crippen LogP contribution in [0.25, 0.3) is 0 Å². The van der Waals surface area contributed by atoms with Gasteiger partial charge in [-0.25, -0.2) is 0 Å². The van der Waals surface area contributed by atoms with Gasteiger partial charge in [-0.1, -0.05) is 39.8 Å². The van der Waals surface area contributed by atoms with E-state index in [9.17, 15) is 35.7 Å². The van der Waals surface area contributed by atoms with Crippen LogP contribution in [0.2, 0.25) is 0 Å². The Morgan fingerprint density at radius 3 is 2.17 bits per heavy atom. The smallest absolute Gasteiger partial charge is 0.0863 e. The molecule has 0 aromatic rings. The average molecular weight is 497 g/mol. The predicted octanol–water partition coefficient (Wildman–Crippen LogP) is 1.61. The Kier molecular flexibility index (Phi) is 7.33. The topological polar surface area (TPSA) is 142 Å². The number of aliphatic hydroxyl groups excluding tert-OH is 6. The van der Waals surface area contributed by atoms with Crippen LogP contribution in [0.1, 0.15) is 72.6 Å². The highest BCUT2D eigenvalue weighted by Gasteiger charge is 2.73. The molecule has 0 spiro atoms. The fourth-order valence-corrected chi connectivity index (χ4v) is 9.59. The first kappa shape index (κ1) is 27.5. The molecule has 0 heterocycles. The molecule has 0 aliphatic heterocycles. The molecule has 14 unspecified atom stereocenters. The Hall–Kier alpha value is -0.540. The van der Waals surface area contributed by atoms with Crippen LogP contribution in [0.15, 0.2) is 12.2 Å². The fraction of sp³-hybridized carbons (Fsp3) is 0.929. The predicted molar refractivity (Wildman–Crippen MR) is 132 cm³/mol. The van der Waals surface area contributed by atoms with Gasteiger partial charge in [0.05, 0.1) is 36.1 Å². The summed E-state index contributed by atoms with van der Waals surface area (Å²) >= 11 is 0. The Balaban J connectivity index is 1.63. The van der Waals surface area contributed by atoms with Gasteiger partial charge in [-0.2, -0.15) is 0 Å². The second-order valence-corrected chi connectivity index (χ2v) is 13.2. The molecule has 4 aliphatic carbocycles. The molecule has 4 saturated carbocycles.